The number of ether oxygens (including phenoxy) is 1. The summed E-state index contributed by atoms with van der Waals surface area (Å²) < 4.78 is 6.89. The van der Waals surface area contributed by atoms with Gasteiger partial charge in [0, 0.05) is 52.3 Å². The highest BCUT2D eigenvalue weighted by atomic mass is 16.5. The van der Waals surface area contributed by atoms with E-state index in [4.69, 9.17) is 4.74 Å². The third kappa shape index (κ3) is 4.95. The minimum absolute atomic E-state index is 0.235. The number of aromatic nitrogens is 2. The lowest BCUT2D eigenvalue weighted by Crippen LogP contribution is -2.27. The first kappa shape index (κ1) is 20.9. The van der Waals surface area contributed by atoms with Crippen molar-refractivity contribution in [1.29, 1.82) is 0 Å². The average Bonchev–Trinajstić information content (AvgIpc) is 3.11. The predicted molar refractivity (Wildman–Crippen MR) is 113 cm³/mol. The molecule has 1 aromatic carbocycles. The molecular formula is C21H29N5O3. The Morgan fingerprint density at radius 3 is 2.62 bits per heavy atom. The van der Waals surface area contributed by atoms with Crippen LogP contribution in [0.4, 0.5) is 11.4 Å². The molecule has 0 unspecified atom stereocenters. The van der Waals surface area contributed by atoms with Crippen LogP contribution < -0.4 is 15.5 Å². The molecule has 1 aromatic heterocycles. The van der Waals surface area contributed by atoms with Crippen LogP contribution in [0.15, 0.2) is 24.3 Å². The zero-order valence-corrected chi connectivity index (χ0v) is 17.3. The van der Waals surface area contributed by atoms with Crippen LogP contribution >= 0.6 is 0 Å². The van der Waals surface area contributed by atoms with Crippen molar-refractivity contribution < 1.29 is 14.3 Å². The van der Waals surface area contributed by atoms with E-state index in [1.165, 1.54) is 0 Å². The monoisotopic (exact) mass is 399 g/mol. The Morgan fingerprint density at radius 1 is 1.17 bits per heavy atom. The minimum Gasteiger partial charge on any atom is -0.385 e. The number of amides is 2. The summed E-state index contributed by atoms with van der Waals surface area (Å²) in [5.74, 6) is -0.247. The van der Waals surface area contributed by atoms with Gasteiger partial charge in [-0.25, -0.2) is 4.98 Å². The second kappa shape index (κ2) is 9.56. The van der Waals surface area contributed by atoms with Crippen LogP contribution in [0.3, 0.4) is 0 Å². The van der Waals surface area contributed by atoms with Crippen molar-refractivity contribution in [1.82, 2.24) is 14.9 Å². The number of hydrogen-bond acceptors (Lipinski definition) is 5. The minimum atomic E-state index is -0.302. The number of carbonyl (C=O) groups is 2. The van der Waals surface area contributed by atoms with Crippen LogP contribution in [0.5, 0.6) is 0 Å². The number of methoxy groups -OCH3 is 1. The number of nitrogens with one attached hydrogen (secondary N) is 2. The van der Waals surface area contributed by atoms with Gasteiger partial charge in [0.15, 0.2) is 5.82 Å². The van der Waals surface area contributed by atoms with E-state index in [0.29, 0.717) is 36.9 Å². The van der Waals surface area contributed by atoms with Gasteiger partial charge < -0.3 is 24.8 Å². The normalized spacial score (nSPS) is 12.9. The summed E-state index contributed by atoms with van der Waals surface area (Å²) in [4.78, 5) is 31.9. The topological polar surface area (TPSA) is 88.5 Å². The summed E-state index contributed by atoms with van der Waals surface area (Å²) in [6.45, 7) is 1.79. The van der Waals surface area contributed by atoms with Crippen molar-refractivity contribution in [2.45, 2.75) is 32.2 Å². The molecule has 0 saturated carbocycles. The molecule has 29 heavy (non-hydrogen) atoms. The fourth-order valence-electron chi connectivity index (χ4n) is 3.43. The van der Waals surface area contributed by atoms with Gasteiger partial charge >= 0.3 is 0 Å². The molecule has 0 spiro atoms. The van der Waals surface area contributed by atoms with Crippen molar-refractivity contribution in [2.75, 3.05) is 44.6 Å². The standard InChI is InChI=1S/C21H29N5O3/c1-25(2)16-10-8-15(9-11-16)23-21(28)19-24-18(17-7-4-5-13-26(17)19)20(27)22-12-6-14-29-3/h8-11H,4-7,12-14H2,1-3H3,(H,22,27)(H,23,28). The SMILES string of the molecule is COCCCNC(=O)c1nc(C(=O)Nc2ccc(N(C)C)cc2)n2c1CCCC2. The Balaban J connectivity index is 1.77. The van der Waals surface area contributed by atoms with Crippen LogP contribution in [0.1, 0.15) is 46.1 Å². The maximum absolute atomic E-state index is 12.9. The van der Waals surface area contributed by atoms with Crippen molar-refractivity contribution in [3.05, 3.63) is 41.5 Å². The van der Waals surface area contributed by atoms with Crippen molar-refractivity contribution in [3.8, 4) is 0 Å². The predicted octanol–water partition coefficient (Wildman–Crippen LogP) is 2.30. The molecular weight excluding hydrogens is 370 g/mol. The number of rotatable bonds is 8. The molecule has 2 heterocycles. The van der Waals surface area contributed by atoms with Gasteiger partial charge in [0.05, 0.1) is 5.69 Å². The van der Waals surface area contributed by atoms with Crippen LogP contribution in [0.2, 0.25) is 0 Å². The molecule has 0 saturated heterocycles. The second-order valence-electron chi connectivity index (χ2n) is 7.34. The summed E-state index contributed by atoms with van der Waals surface area (Å²) in [7, 11) is 5.56. The van der Waals surface area contributed by atoms with Gasteiger partial charge in [-0.1, -0.05) is 0 Å². The number of benzene rings is 1. The molecule has 0 aliphatic carbocycles. The largest absolute Gasteiger partial charge is 0.385 e. The number of carbonyl (C=O) groups excluding carboxylic acids is 2. The highest BCUT2D eigenvalue weighted by Gasteiger charge is 2.27. The summed E-state index contributed by atoms with van der Waals surface area (Å²) in [5, 5.41) is 5.77. The molecule has 2 amide bonds. The molecule has 1 aliphatic heterocycles. The number of hydrogen-bond donors (Lipinski definition) is 2. The van der Waals surface area contributed by atoms with Crippen LogP contribution in [-0.2, 0) is 17.7 Å². The van der Waals surface area contributed by atoms with E-state index < -0.39 is 0 Å². The second-order valence-corrected chi connectivity index (χ2v) is 7.34. The molecule has 3 rings (SSSR count). The third-order valence-corrected chi connectivity index (χ3v) is 4.99. The van der Waals surface area contributed by atoms with Crippen molar-refractivity contribution >= 4 is 23.2 Å². The maximum atomic E-state index is 12.9. The lowest BCUT2D eigenvalue weighted by molar-refractivity contribution is 0.0942. The molecule has 1 aliphatic rings. The zero-order chi connectivity index (χ0) is 20.8. The maximum Gasteiger partial charge on any atom is 0.291 e. The quantitative estimate of drug-likeness (QED) is 0.665. The van der Waals surface area contributed by atoms with Gasteiger partial charge in [-0.15, -0.1) is 0 Å². The molecule has 0 radical (unpaired) electrons. The number of fused-ring (bicyclic) bond motifs is 1. The zero-order valence-electron chi connectivity index (χ0n) is 17.3. The smallest absolute Gasteiger partial charge is 0.291 e. The van der Waals surface area contributed by atoms with E-state index in [2.05, 4.69) is 15.6 Å². The fourth-order valence-corrected chi connectivity index (χ4v) is 3.43. The third-order valence-electron chi connectivity index (χ3n) is 4.99. The van der Waals surface area contributed by atoms with E-state index in [0.717, 1.165) is 37.1 Å². The van der Waals surface area contributed by atoms with Crippen LogP contribution in [0.25, 0.3) is 0 Å². The van der Waals surface area contributed by atoms with E-state index in [1.54, 1.807) is 7.11 Å². The molecule has 0 bridgehead atoms. The molecule has 2 aromatic rings. The Hall–Kier alpha value is -2.87. The number of imidazole rings is 1. The Morgan fingerprint density at radius 2 is 1.93 bits per heavy atom. The number of nitrogens with zero attached hydrogens (tertiary/aromatic N) is 3. The highest BCUT2D eigenvalue weighted by molar-refractivity contribution is 6.03. The summed E-state index contributed by atoms with van der Waals surface area (Å²) in [5.41, 5.74) is 2.94. The molecule has 156 valence electrons. The Bertz CT molecular complexity index is 858. The van der Waals surface area contributed by atoms with E-state index >= 15 is 0 Å². The average molecular weight is 399 g/mol. The summed E-state index contributed by atoms with van der Waals surface area (Å²) >= 11 is 0. The van der Waals surface area contributed by atoms with Crippen LogP contribution in [0, 0.1) is 0 Å². The lowest BCUT2D eigenvalue weighted by Gasteiger charge is -2.17. The first-order valence-electron chi connectivity index (χ1n) is 9.96. The van der Waals surface area contributed by atoms with E-state index in [1.807, 2.05) is 47.8 Å². The van der Waals surface area contributed by atoms with Crippen molar-refractivity contribution in [2.24, 2.45) is 0 Å². The van der Waals surface area contributed by atoms with Crippen molar-refractivity contribution in [3.63, 3.8) is 0 Å². The first-order chi connectivity index (χ1) is 14.0. The molecule has 0 fully saturated rings. The first-order valence-corrected chi connectivity index (χ1v) is 9.96. The molecule has 8 heteroatoms. The molecule has 8 nitrogen and oxygen atoms in total. The summed E-state index contributed by atoms with van der Waals surface area (Å²) in [6, 6.07) is 7.60. The van der Waals surface area contributed by atoms with Gasteiger partial charge in [0.25, 0.3) is 11.8 Å². The van der Waals surface area contributed by atoms with Gasteiger partial charge in [0.1, 0.15) is 5.69 Å². The van der Waals surface area contributed by atoms with Crippen LogP contribution in [-0.4, -0.2) is 55.7 Å². The highest BCUT2D eigenvalue weighted by Crippen LogP contribution is 2.22. The summed E-state index contributed by atoms with van der Waals surface area (Å²) in [6.07, 6.45) is 3.44. The van der Waals surface area contributed by atoms with E-state index in [-0.39, 0.29) is 11.8 Å². The van der Waals surface area contributed by atoms with Gasteiger partial charge in [-0.05, 0) is 49.9 Å². The lowest BCUT2D eigenvalue weighted by atomic mass is 10.1. The Kier molecular flexibility index (Phi) is 6.87. The fraction of sp³-hybridized carbons (Fsp3) is 0.476. The molecule has 0 atom stereocenters. The van der Waals surface area contributed by atoms with Gasteiger partial charge in [-0.2, -0.15) is 0 Å². The number of anilines is 2. The Labute approximate surface area is 171 Å². The van der Waals surface area contributed by atoms with Gasteiger partial charge in [0.2, 0.25) is 0 Å². The molecule has 2 N–H and O–H groups in total. The van der Waals surface area contributed by atoms with E-state index in [9.17, 15) is 9.59 Å². The van der Waals surface area contributed by atoms with Gasteiger partial charge in [-0.3, -0.25) is 9.59 Å².